The van der Waals surface area contributed by atoms with Gasteiger partial charge in [0.2, 0.25) is 5.91 Å². The van der Waals surface area contributed by atoms with E-state index in [1.165, 1.54) is 0 Å². The first-order valence-electron chi connectivity index (χ1n) is 8.24. The van der Waals surface area contributed by atoms with Gasteiger partial charge in [-0.2, -0.15) is 0 Å². The summed E-state index contributed by atoms with van der Waals surface area (Å²) >= 11 is 0. The van der Waals surface area contributed by atoms with Gasteiger partial charge in [0.25, 0.3) is 0 Å². The highest BCUT2D eigenvalue weighted by atomic mass is 16.3. The summed E-state index contributed by atoms with van der Waals surface area (Å²) in [6, 6.07) is 10.1. The minimum Gasteiger partial charge on any atom is -0.467 e. The summed E-state index contributed by atoms with van der Waals surface area (Å²) in [5.41, 5.74) is 1.66. The Morgan fingerprint density at radius 2 is 1.84 bits per heavy atom. The van der Waals surface area contributed by atoms with Gasteiger partial charge in [0.05, 0.1) is 12.8 Å². The van der Waals surface area contributed by atoms with Gasteiger partial charge in [0.15, 0.2) is 0 Å². The molecule has 0 bridgehead atoms. The number of hydrogen-bond acceptors (Lipinski definition) is 3. The van der Waals surface area contributed by atoms with E-state index in [4.69, 9.17) is 4.42 Å². The van der Waals surface area contributed by atoms with Gasteiger partial charge < -0.3 is 20.4 Å². The molecular weight excluding hydrogens is 318 g/mol. The number of rotatable bonds is 5. The predicted molar refractivity (Wildman–Crippen MR) is 97.3 cm³/mol. The van der Waals surface area contributed by atoms with Crippen molar-refractivity contribution >= 4 is 17.6 Å². The van der Waals surface area contributed by atoms with Crippen molar-refractivity contribution in [1.29, 1.82) is 0 Å². The summed E-state index contributed by atoms with van der Waals surface area (Å²) in [4.78, 5) is 24.3. The normalized spacial score (nSPS) is 12.3. The molecule has 1 aromatic carbocycles. The van der Waals surface area contributed by atoms with Crippen molar-refractivity contribution in [3.63, 3.8) is 0 Å². The maximum atomic E-state index is 12.2. The minimum absolute atomic E-state index is 0.101. The number of carbonyl (C=O) groups is 2. The maximum absolute atomic E-state index is 12.2. The first-order valence-corrected chi connectivity index (χ1v) is 8.24. The van der Waals surface area contributed by atoms with E-state index in [-0.39, 0.29) is 17.9 Å². The van der Waals surface area contributed by atoms with E-state index in [0.717, 1.165) is 11.3 Å². The molecule has 6 nitrogen and oxygen atoms in total. The lowest BCUT2D eigenvalue weighted by Crippen LogP contribution is -2.46. The number of carbonyl (C=O) groups excluding carboxylic acids is 2. The van der Waals surface area contributed by atoms with E-state index in [1.807, 2.05) is 24.3 Å². The van der Waals surface area contributed by atoms with E-state index in [9.17, 15) is 9.59 Å². The third-order valence-corrected chi connectivity index (χ3v) is 3.74. The van der Waals surface area contributed by atoms with E-state index in [0.29, 0.717) is 5.76 Å². The third kappa shape index (κ3) is 5.38. The Balaban J connectivity index is 1.90. The fourth-order valence-corrected chi connectivity index (χ4v) is 2.41. The van der Waals surface area contributed by atoms with Crippen LogP contribution in [0.15, 0.2) is 47.1 Å². The van der Waals surface area contributed by atoms with Crippen LogP contribution in [0, 0.1) is 0 Å². The molecule has 0 spiro atoms. The molecule has 1 atom stereocenters. The molecule has 0 saturated carbocycles. The van der Waals surface area contributed by atoms with Gasteiger partial charge in [0.1, 0.15) is 11.8 Å². The van der Waals surface area contributed by atoms with Gasteiger partial charge in [0, 0.05) is 5.69 Å². The van der Waals surface area contributed by atoms with Crippen molar-refractivity contribution in [3.8, 4) is 0 Å². The largest absolute Gasteiger partial charge is 0.467 e. The molecular formula is C19H25N3O3. The van der Waals surface area contributed by atoms with E-state index in [1.54, 1.807) is 25.3 Å². The number of amides is 3. The Kier molecular flexibility index (Phi) is 5.85. The standard InChI is InChI=1S/C19H25N3O3/c1-13(17(23)20-12-14-8-7-11-25-14)21-18(24)22-16-10-6-5-9-15(16)19(2,3)4/h5-11,13H,12H2,1-4H3,(H,20,23)(H2,21,22,24). The second kappa shape index (κ2) is 7.88. The number of urea groups is 1. The van der Waals surface area contributed by atoms with Gasteiger partial charge in [-0.3, -0.25) is 4.79 Å². The number of para-hydroxylation sites is 1. The lowest BCUT2D eigenvalue weighted by molar-refractivity contribution is -0.122. The molecule has 1 aromatic heterocycles. The summed E-state index contributed by atoms with van der Waals surface area (Å²) in [6.45, 7) is 8.15. The van der Waals surface area contributed by atoms with E-state index in [2.05, 4.69) is 36.7 Å². The Bertz CT molecular complexity index is 718. The monoisotopic (exact) mass is 343 g/mol. The molecule has 0 radical (unpaired) electrons. The van der Waals surface area contributed by atoms with Crippen LogP contribution in [0.2, 0.25) is 0 Å². The van der Waals surface area contributed by atoms with Crippen LogP contribution < -0.4 is 16.0 Å². The van der Waals surface area contributed by atoms with Crippen LogP contribution in [0.3, 0.4) is 0 Å². The quantitative estimate of drug-likeness (QED) is 0.778. The molecule has 2 aromatic rings. The van der Waals surface area contributed by atoms with Gasteiger partial charge in [-0.15, -0.1) is 0 Å². The van der Waals surface area contributed by atoms with Crippen LogP contribution in [0.1, 0.15) is 39.0 Å². The van der Waals surface area contributed by atoms with Crippen molar-refractivity contribution in [2.75, 3.05) is 5.32 Å². The Morgan fingerprint density at radius 3 is 2.48 bits per heavy atom. The van der Waals surface area contributed by atoms with E-state index < -0.39 is 12.1 Å². The van der Waals surface area contributed by atoms with Crippen molar-refractivity contribution in [1.82, 2.24) is 10.6 Å². The second-order valence-electron chi connectivity index (χ2n) is 6.91. The Hall–Kier alpha value is -2.76. The fourth-order valence-electron chi connectivity index (χ4n) is 2.41. The Labute approximate surface area is 148 Å². The number of hydrogen-bond donors (Lipinski definition) is 3. The molecule has 0 aliphatic heterocycles. The average Bonchev–Trinajstić information content (AvgIpc) is 3.05. The Morgan fingerprint density at radius 1 is 1.12 bits per heavy atom. The zero-order chi connectivity index (χ0) is 18.4. The lowest BCUT2D eigenvalue weighted by Gasteiger charge is -2.23. The number of nitrogens with one attached hydrogen (secondary N) is 3. The predicted octanol–water partition coefficient (Wildman–Crippen LogP) is 3.40. The zero-order valence-corrected chi connectivity index (χ0v) is 15.1. The van der Waals surface area contributed by atoms with Gasteiger partial charge in [-0.05, 0) is 36.1 Å². The van der Waals surface area contributed by atoms with Crippen molar-refractivity contribution in [2.24, 2.45) is 0 Å². The van der Waals surface area contributed by atoms with Crippen LogP contribution in [-0.2, 0) is 16.8 Å². The summed E-state index contributed by atoms with van der Waals surface area (Å²) < 4.78 is 5.15. The minimum atomic E-state index is -0.670. The smallest absolute Gasteiger partial charge is 0.319 e. The molecule has 6 heteroatoms. The van der Waals surface area contributed by atoms with E-state index >= 15 is 0 Å². The SMILES string of the molecule is CC(NC(=O)Nc1ccccc1C(C)(C)C)C(=O)NCc1ccco1. The molecule has 25 heavy (non-hydrogen) atoms. The van der Waals surface area contributed by atoms with Crippen molar-refractivity contribution in [2.45, 2.75) is 45.7 Å². The first kappa shape index (κ1) is 18.6. The van der Waals surface area contributed by atoms with Crippen LogP contribution in [0.25, 0.3) is 0 Å². The zero-order valence-electron chi connectivity index (χ0n) is 15.1. The van der Waals surface area contributed by atoms with Gasteiger partial charge >= 0.3 is 6.03 Å². The van der Waals surface area contributed by atoms with Crippen LogP contribution in [0.4, 0.5) is 10.5 Å². The molecule has 0 fully saturated rings. The third-order valence-electron chi connectivity index (χ3n) is 3.74. The average molecular weight is 343 g/mol. The van der Waals surface area contributed by atoms with Gasteiger partial charge in [-0.1, -0.05) is 39.0 Å². The summed E-state index contributed by atoms with van der Waals surface area (Å²) in [5, 5.41) is 8.18. The summed E-state index contributed by atoms with van der Waals surface area (Å²) in [7, 11) is 0. The maximum Gasteiger partial charge on any atom is 0.319 e. The second-order valence-corrected chi connectivity index (χ2v) is 6.91. The molecule has 0 aliphatic carbocycles. The van der Waals surface area contributed by atoms with Crippen molar-refractivity contribution < 1.29 is 14.0 Å². The molecule has 0 saturated heterocycles. The number of furan rings is 1. The molecule has 2 rings (SSSR count). The fraction of sp³-hybridized carbons (Fsp3) is 0.368. The number of benzene rings is 1. The van der Waals surface area contributed by atoms with Gasteiger partial charge in [-0.25, -0.2) is 4.79 Å². The molecule has 0 aliphatic rings. The highest BCUT2D eigenvalue weighted by Crippen LogP contribution is 2.29. The molecule has 3 N–H and O–H groups in total. The first-order chi connectivity index (χ1) is 11.8. The lowest BCUT2D eigenvalue weighted by atomic mass is 9.86. The molecule has 1 unspecified atom stereocenters. The van der Waals surface area contributed by atoms with Crippen LogP contribution in [-0.4, -0.2) is 18.0 Å². The highest BCUT2D eigenvalue weighted by molar-refractivity contribution is 5.94. The summed E-state index contributed by atoms with van der Waals surface area (Å²) in [5.74, 6) is 0.375. The number of anilines is 1. The van der Waals surface area contributed by atoms with Crippen molar-refractivity contribution in [3.05, 3.63) is 54.0 Å². The molecule has 134 valence electrons. The van der Waals surface area contributed by atoms with Crippen LogP contribution in [0.5, 0.6) is 0 Å². The molecule has 1 heterocycles. The molecule has 3 amide bonds. The highest BCUT2D eigenvalue weighted by Gasteiger charge is 2.20. The topological polar surface area (TPSA) is 83.4 Å². The van der Waals surface area contributed by atoms with Crippen LogP contribution >= 0.6 is 0 Å². The summed E-state index contributed by atoms with van der Waals surface area (Å²) in [6.07, 6.45) is 1.54.